The Bertz CT molecular complexity index is 721. The topological polar surface area (TPSA) is 47.8 Å². The predicted molar refractivity (Wildman–Crippen MR) is 74.1 cm³/mol. The molecule has 94 valence electrons. The van der Waals surface area contributed by atoms with Gasteiger partial charge in [-0.15, -0.1) is 0 Å². The molecule has 2 aromatic rings. The highest BCUT2D eigenvalue weighted by Gasteiger charge is 2.43. The molecule has 3 rings (SSSR count). The Hall–Kier alpha value is -0.940. The monoisotopic (exact) mass is 327 g/mol. The normalized spacial score (nSPS) is 17.1. The van der Waals surface area contributed by atoms with Gasteiger partial charge >= 0.3 is 0 Å². The Morgan fingerprint density at radius 3 is 2.72 bits per heavy atom. The molecule has 0 atom stereocenters. The van der Waals surface area contributed by atoms with Gasteiger partial charge in [0.1, 0.15) is 21.1 Å². The van der Waals surface area contributed by atoms with Crippen molar-refractivity contribution in [2.45, 2.75) is 25.2 Å². The lowest BCUT2D eigenvalue weighted by atomic mass is 10.1. The molecule has 0 unspecified atom stereocenters. The Morgan fingerprint density at radius 1 is 1.44 bits per heavy atom. The summed E-state index contributed by atoms with van der Waals surface area (Å²) in [6.07, 6.45) is 2.13. The fourth-order valence-electron chi connectivity index (χ4n) is 2.16. The first-order chi connectivity index (χ1) is 8.42. The van der Waals surface area contributed by atoms with E-state index in [2.05, 4.69) is 32.8 Å². The number of aromatic nitrogens is 3. The van der Waals surface area contributed by atoms with Crippen molar-refractivity contribution in [3.8, 4) is 0 Å². The number of pyridine rings is 1. The second-order valence-electron chi connectivity index (χ2n) is 4.99. The van der Waals surface area contributed by atoms with Gasteiger partial charge in [0, 0.05) is 12.5 Å². The van der Waals surface area contributed by atoms with Gasteiger partial charge < -0.3 is 0 Å². The van der Waals surface area contributed by atoms with Crippen LogP contribution in [0.15, 0.2) is 15.5 Å². The van der Waals surface area contributed by atoms with E-state index in [0.29, 0.717) is 20.7 Å². The van der Waals surface area contributed by atoms with Crippen LogP contribution < -0.4 is 5.56 Å². The van der Waals surface area contributed by atoms with E-state index in [1.54, 1.807) is 17.7 Å². The van der Waals surface area contributed by atoms with Crippen LogP contribution in [0.4, 0.5) is 0 Å². The second-order valence-corrected chi connectivity index (χ2v) is 6.13. The van der Waals surface area contributed by atoms with E-state index < -0.39 is 0 Å². The van der Waals surface area contributed by atoms with Gasteiger partial charge in [-0.2, -0.15) is 0 Å². The number of hydrogen-bond acceptors (Lipinski definition) is 3. The maximum Gasteiger partial charge on any atom is 0.261 e. The molecule has 4 nitrogen and oxygen atoms in total. The van der Waals surface area contributed by atoms with Crippen molar-refractivity contribution < 1.29 is 0 Å². The predicted octanol–water partition coefficient (Wildman–Crippen LogP) is 2.80. The molecular formula is C12H11BrClN3O. The van der Waals surface area contributed by atoms with Gasteiger partial charge in [0.15, 0.2) is 0 Å². The van der Waals surface area contributed by atoms with Gasteiger partial charge in [-0.3, -0.25) is 9.36 Å². The molecule has 2 heterocycles. The van der Waals surface area contributed by atoms with E-state index in [4.69, 9.17) is 11.6 Å². The SMILES string of the molecule is Cn1c(C2(C)CC2)nc2c(Br)nc(Cl)cc2c1=O. The Labute approximate surface area is 117 Å². The average molecular weight is 329 g/mol. The third-order valence-corrected chi connectivity index (χ3v) is 4.28. The third kappa shape index (κ3) is 1.68. The van der Waals surface area contributed by atoms with Crippen molar-refractivity contribution in [2.75, 3.05) is 0 Å². The van der Waals surface area contributed by atoms with Crippen LogP contribution in [0.3, 0.4) is 0 Å². The van der Waals surface area contributed by atoms with Gasteiger partial charge in [0.25, 0.3) is 5.56 Å². The van der Waals surface area contributed by atoms with E-state index in [-0.39, 0.29) is 11.0 Å². The molecular weight excluding hydrogens is 318 g/mol. The molecule has 0 saturated heterocycles. The molecule has 0 radical (unpaired) electrons. The number of hydrogen-bond donors (Lipinski definition) is 0. The van der Waals surface area contributed by atoms with Crippen molar-refractivity contribution in [1.29, 1.82) is 0 Å². The van der Waals surface area contributed by atoms with Gasteiger partial charge in [0.05, 0.1) is 5.39 Å². The van der Waals surface area contributed by atoms with Crippen LogP contribution in [-0.4, -0.2) is 14.5 Å². The molecule has 2 aromatic heterocycles. The van der Waals surface area contributed by atoms with Gasteiger partial charge in [-0.05, 0) is 34.8 Å². The minimum atomic E-state index is -0.0758. The summed E-state index contributed by atoms with van der Waals surface area (Å²) in [5.74, 6) is 0.824. The summed E-state index contributed by atoms with van der Waals surface area (Å²) < 4.78 is 2.14. The molecule has 18 heavy (non-hydrogen) atoms. The number of nitrogens with zero attached hydrogens (tertiary/aromatic N) is 3. The quantitative estimate of drug-likeness (QED) is 0.756. The molecule has 0 N–H and O–H groups in total. The standard InChI is InChI=1S/C12H11BrClN3O/c1-12(3-4-12)11-16-8-6(10(18)17(11)2)5-7(14)15-9(8)13/h5H,3-4H2,1-2H3. The number of halogens is 2. The molecule has 0 amide bonds. The van der Waals surface area contributed by atoms with Gasteiger partial charge in [-0.1, -0.05) is 18.5 Å². The number of fused-ring (bicyclic) bond motifs is 1. The van der Waals surface area contributed by atoms with E-state index in [0.717, 1.165) is 18.7 Å². The maximum absolute atomic E-state index is 12.3. The van der Waals surface area contributed by atoms with E-state index in [1.807, 2.05) is 0 Å². The first-order valence-electron chi connectivity index (χ1n) is 5.66. The Kier molecular flexibility index (Phi) is 2.54. The fraction of sp³-hybridized carbons (Fsp3) is 0.417. The smallest absolute Gasteiger partial charge is 0.261 e. The summed E-state index contributed by atoms with van der Waals surface area (Å²) in [7, 11) is 1.76. The Balaban J connectivity index is 2.44. The highest BCUT2D eigenvalue weighted by molar-refractivity contribution is 9.10. The molecule has 1 fully saturated rings. The minimum Gasteiger partial charge on any atom is -0.299 e. The molecule has 1 saturated carbocycles. The van der Waals surface area contributed by atoms with Crippen LogP contribution >= 0.6 is 27.5 Å². The highest BCUT2D eigenvalue weighted by Crippen LogP contribution is 2.46. The lowest BCUT2D eigenvalue weighted by molar-refractivity contribution is 0.631. The molecule has 0 spiro atoms. The lowest BCUT2D eigenvalue weighted by Gasteiger charge is -2.14. The van der Waals surface area contributed by atoms with Crippen LogP contribution in [0.5, 0.6) is 0 Å². The summed E-state index contributed by atoms with van der Waals surface area (Å²) in [5, 5.41) is 0.788. The maximum atomic E-state index is 12.3. The second kappa shape index (κ2) is 3.78. The van der Waals surface area contributed by atoms with Crippen molar-refractivity contribution >= 4 is 38.4 Å². The summed E-state index contributed by atoms with van der Waals surface area (Å²) >= 11 is 9.19. The largest absolute Gasteiger partial charge is 0.299 e. The molecule has 0 bridgehead atoms. The first-order valence-corrected chi connectivity index (χ1v) is 6.83. The third-order valence-electron chi connectivity index (χ3n) is 3.53. The Morgan fingerprint density at radius 2 is 2.11 bits per heavy atom. The molecule has 1 aliphatic carbocycles. The summed E-state index contributed by atoms with van der Waals surface area (Å²) in [6.45, 7) is 2.12. The first kappa shape index (κ1) is 12.1. The van der Waals surface area contributed by atoms with Gasteiger partial charge in [-0.25, -0.2) is 9.97 Å². The van der Waals surface area contributed by atoms with Crippen molar-refractivity contribution in [2.24, 2.45) is 7.05 Å². The van der Waals surface area contributed by atoms with Crippen molar-refractivity contribution in [3.63, 3.8) is 0 Å². The summed E-state index contributed by atoms with van der Waals surface area (Å²) in [4.78, 5) is 21.0. The van der Waals surface area contributed by atoms with E-state index in [9.17, 15) is 4.79 Å². The van der Waals surface area contributed by atoms with Crippen LogP contribution in [-0.2, 0) is 12.5 Å². The van der Waals surface area contributed by atoms with Gasteiger partial charge in [0.2, 0.25) is 0 Å². The molecule has 6 heteroatoms. The molecule has 0 aliphatic heterocycles. The zero-order valence-electron chi connectivity index (χ0n) is 10.00. The lowest BCUT2D eigenvalue weighted by Crippen LogP contribution is -2.26. The minimum absolute atomic E-state index is 0.0289. The highest BCUT2D eigenvalue weighted by atomic mass is 79.9. The molecule has 0 aromatic carbocycles. The van der Waals surface area contributed by atoms with E-state index >= 15 is 0 Å². The zero-order chi connectivity index (χ0) is 13.1. The fourth-order valence-corrected chi connectivity index (χ4v) is 2.94. The number of rotatable bonds is 1. The van der Waals surface area contributed by atoms with Crippen LogP contribution in [0.1, 0.15) is 25.6 Å². The van der Waals surface area contributed by atoms with Crippen LogP contribution in [0.2, 0.25) is 5.15 Å². The van der Waals surface area contributed by atoms with Crippen molar-refractivity contribution in [3.05, 3.63) is 32.0 Å². The average Bonchev–Trinajstić information content (AvgIpc) is 3.03. The van der Waals surface area contributed by atoms with Crippen LogP contribution in [0.25, 0.3) is 10.9 Å². The van der Waals surface area contributed by atoms with Crippen molar-refractivity contribution in [1.82, 2.24) is 14.5 Å². The summed E-state index contributed by atoms with van der Waals surface area (Å²) in [5.41, 5.74) is 0.542. The zero-order valence-corrected chi connectivity index (χ0v) is 12.3. The molecule has 1 aliphatic rings. The van der Waals surface area contributed by atoms with E-state index in [1.165, 1.54) is 0 Å². The summed E-state index contributed by atoms with van der Waals surface area (Å²) in [6, 6.07) is 1.57. The van der Waals surface area contributed by atoms with Crippen LogP contribution in [0, 0.1) is 0 Å².